The van der Waals surface area contributed by atoms with Crippen molar-refractivity contribution in [1.82, 2.24) is 5.32 Å². The van der Waals surface area contributed by atoms with Crippen LogP contribution in [0.4, 0.5) is 10.5 Å². The Kier molecular flexibility index (Phi) is 8.16. The van der Waals surface area contributed by atoms with E-state index in [0.29, 0.717) is 12.3 Å². The summed E-state index contributed by atoms with van der Waals surface area (Å²) in [6.07, 6.45) is 3.67. The van der Waals surface area contributed by atoms with Gasteiger partial charge in [0, 0.05) is 12.2 Å². The number of hydrogen-bond donors (Lipinski definition) is 3. The smallest absolute Gasteiger partial charge is 0.319 e. The van der Waals surface area contributed by atoms with E-state index in [2.05, 4.69) is 77.3 Å². The molecule has 0 aliphatic rings. The van der Waals surface area contributed by atoms with Crippen LogP contribution in [0.2, 0.25) is 0 Å². The molecule has 4 heteroatoms. The number of nitrogens with one attached hydrogen (secondary N) is 2. The van der Waals surface area contributed by atoms with E-state index in [-0.39, 0.29) is 16.9 Å². The van der Waals surface area contributed by atoms with Crippen LogP contribution in [0.3, 0.4) is 0 Å². The van der Waals surface area contributed by atoms with E-state index in [1.165, 1.54) is 5.56 Å². The van der Waals surface area contributed by atoms with Crippen molar-refractivity contribution in [2.24, 2.45) is 0 Å². The van der Waals surface area contributed by atoms with Crippen molar-refractivity contribution >= 4 is 11.7 Å². The lowest BCUT2D eigenvalue weighted by Gasteiger charge is -2.28. The molecule has 2 aromatic rings. The number of phenols is 1. The SMILES string of the molecule is CCCCNC(=O)Nc1ccccc1CCc1cc(C(C)(C)C)c(O)c(C(C)(C)C)c1. The summed E-state index contributed by atoms with van der Waals surface area (Å²) in [4.78, 5) is 12.2. The number of urea groups is 1. The van der Waals surface area contributed by atoms with Crippen molar-refractivity contribution < 1.29 is 9.90 Å². The van der Waals surface area contributed by atoms with Crippen molar-refractivity contribution in [3.8, 4) is 5.75 Å². The molecule has 0 unspecified atom stereocenters. The lowest BCUT2D eigenvalue weighted by atomic mass is 9.78. The summed E-state index contributed by atoms with van der Waals surface area (Å²) in [7, 11) is 0. The average Bonchev–Trinajstić information content (AvgIpc) is 2.66. The number of carbonyl (C=O) groups is 1. The maximum atomic E-state index is 12.2. The molecule has 2 amide bonds. The molecule has 2 aromatic carbocycles. The standard InChI is InChI=1S/C27H40N2O2/c1-8-9-16-28-25(31)29-23-13-11-10-12-20(23)15-14-19-17-21(26(2,3)4)24(30)22(18-19)27(5,6)7/h10-13,17-18,30H,8-9,14-16H2,1-7H3,(H2,28,29,31). The fraction of sp³-hybridized carbons (Fsp3) is 0.519. The number of carbonyl (C=O) groups excluding carboxylic acids is 1. The van der Waals surface area contributed by atoms with Crippen LogP contribution in [-0.4, -0.2) is 17.7 Å². The molecule has 0 bridgehead atoms. The molecule has 0 radical (unpaired) electrons. The number of aromatic hydroxyl groups is 1. The number of aryl methyl sites for hydroxylation is 2. The van der Waals surface area contributed by atoms with E-state index < -0.39 is 0 Å². The molecule has 170 valence electrons. The largest absolute Gasteiger partial charge is 0.507 e. The zero-order chi connectivity index (χ0) is 23.2. The van der Waals surface area contributed by atoms with Gasteiger partial charge in [0.1, 0.15) is 5.75 Å². The Balaban J connectivity index is 2.24. The Hall–Kier alpha value is -2.49. The third-order valence-electron chi connectivity index (χ3n) is 5.55. The fourth-order valence-electron chi connectivity index (χ4n) is 3.67. The third kappa shape index (κ3) is 7.02. The van der Waals surface area contributed by atoms with E-state index in [4.69, 9.17) is 0 Å². The molecular formula is C27H40N2O2. The molecule has 4 nitrogen and oxygen atoms in total. The van der Waals surface area contributed by atoms with Gasteiger partial charge in [-0.3, -0.25) is 0 Å². The third-order valence-corrected chi connectivity index (χ3v) is 5.55. The molecule has 0 aliphatic heterocycles. The minimum absolute atomic E-state index is 0.143. The van der Waals surface area contributed by atoms with E-state index >= 15 is 0 Å². The van der Waals surface area contributed by atoms with Gasteiger partial charge in [-0.2, -0.15) is 0 Å². The number of hydrogen-bond acceptors (Lipinski definition) is 2. The van der Waals surface area contributed by atoms with Gasteiger partial charge in [0.25, 0.3) is 0 Å². The van der Waals surface area contributed by atoms with Gasteiger partial charge in [0.2, 0.25) is 0 Å². The molecule has 0 saturated carbocycles. The average molecular weight is 425 g/mol. The van der Waals surface area contributed by atoms with Gasteiger partial charge in [-0.05, 0) is 58.4 Å². The summed E-state index contributed by atoms with van der Waals surface area (Å²) >= 11 is 0. The van der Waals surface area contributed by atoms with Crippen LogP contribution in [0, 0.1) is 0 Å². The summed E-state index contributed by atoms with van der Waals surface area (Å²) in [5.74, 6) is 0.412. The van der Waals surface area contributed by atoms with Crippen LogP contribution in [-0.2, 0) is 23.7 Å². The molecule has 0 atom stereocenters. The number of phenolic OH excluding ortho intramolecular Hbond substituents is 1. The molecule has 3 N–H and O–H groups in total. The van der Waals surface area contributed by atoms with Crippen molar-refractivity contribution in [2.45, 2.75) is 85.0 Å². The summed E-state index contributed by atoms with van der Waals surface area (Å²) in [5.41, 5.74) is 4.84. The number of para-hydroxylation sites is 1. The van der Waals surface area contributed by atoms with Crippen LogP contribution < -0.4 is 10.6 Å². The zero-order valence-corrected chi connectivity index (χ0v) is 20.4. The number of amides is 2. The Bertz CT molecular complexity index is 854. The Morgan fingerprint density at radius 2 is 1.52 bits per heavy atom. The van der Waals surface area contributed by atoms with Crippen molar-refractivity contribution in [1.29, 1.82) is 0 Å². The number of unbranched alkanes of at least 4 members (excludes halogenated alkanes) is 1. The minimum Gasteiger partial charge on any atom is -0.507 e. The summed E-state index contributed by atoms with van der Waals surface area (Å²) in [5, 5.41) is 16.9. The molecule has 2 rings (SSSR count). The molecule has 0 aliphatic carbocycles. The maximum absolute atomic E-state index is 12.2. The minimum atomic E-state index is -0.157. The van der Waals surface area contributed by atoms with Crippen LogP contribution in [0.15, 0.2) is 36.4 Å². The molecular weight excluding hydrogens is 384 g/mol. The highest BCUT2D eigenvalue weighted by Crippen LogP contribution is 2.40. The monoisotopic (exact) mass is 424 g/mol. The molecule has 0 saturated heterocycles. The first-order chi connectivity index (χ1) is 14.4. The highest BCUT2D eigenvalue weighted by molar-refractivity contribution is 5.90. The number of rotatable bonds is 7. The Morgan fingerprint density at radius 1 is 0.935 bits per heavy atom. The van der Waals surface area contributed by atoms with Crippen LogP contribution in [0.25, 0.3) is 0 Å². The van der Waals surface area contributed by atoms with Crippen molar-refractivity contribution in [3.05, 3.63) is 58.7 Å². The van der Waals surface area contributed by atoms with E-state index in [1.807, 2.05) is 18.2 Å². The van der Waals surface area contributed by atoms with Gasteiger partial charge in [0.15, 0.2) is 0 Å². The molecule has 0 heterocycles. The fourth-order valence-corrected chi connectivity index (χ4v) is 3.67. The quantitative estimate of drug-likeness (QED) is 0.433. The predicted octanol–water partition coefficient (Wildman–Crippen LogP) is 6.69. The summed E-state index contributed by atoms with van der Waals surface area (Å²) in [6.45, 7) is 15.6. The molecule has 0 fully saturated rings. The molecule has 0 aromatic heterocycles. The first kappa shape index (κ1) is 24.8. The zero-order valence-electron chi connectivity index (χ0n) is 20.4. The summed E-state index contributed by atoms with van der Waals surface area (Å²) in [6, 6.07) is 12.1. The van der Waals surface area contributed by atoms with Gasteiger partial charge in [0.05, 0.1) is 0 Å². The first-order valence-corrected chi connectivity index (χ1v) is 11.4. The first-order valence-electron chi connectivity index (χ1n) is 11.4. The number of benzene rings is 2. The second kappa shape index (κ2) is 10.2. The summed E-state index contributed by atoms with van der Waals surface area (Å²) < 4.78 is 0. The molecule has 31 heavy (non-hydrogen) atoms. The van der Waals surface area contributed by atoms with E-state index in [0.717, 1.165) is 48.1 Å². The van der Waals surface area contributed by atoms with Gasteiger partial charge in [-0.25, -0.2) is 4.79 Å². The molecule has 0 spiro atoms. The van der Waals surface area contributed by atoms with Crippen LogP contribution in [0.1, 0.15) is 83.6 Å². The van der Waals surface area contributed by atoms with Gasteiger partial charge < -0.3 is 15.7 Å². The van der Waals surface area contributed by atoms with Gasteiger partial charge in [-0.15, -0.1) is 0 Å². The van der Waals surface area contributed by atoms with Crippen molar-refractivity contribution in [2.75, 3.05) is 11.9 Å². The second-order valence-electron chi connectivity index (χ2n) is 10.4. The van der Waals surface area contributed by atoms with E-state index in [1.54, 1.807) is 0 Å². The van der Waals surface area contributed by atoms with Gasteiger partial charge in [-0.1, -0.05) is 85.2 Å². The van der Waals surface area contributed by atoms with Crippen LogP contribution >= 0.6 is 0 Å². The highest BCUT2D eigenvalue weighted by atomic mass is 16.3. The highest BCUT2D eigenvalue weighted by Gasteiger charge is 2.26. The Labute approximate surface area is 188 Å². The lowest BCUT2D eigenvalue weighted by Crippen LogP contribution is -2.29. The van der Waals surface area contributed by atoms with Crippen molar-refractivity contribution in [3.63, 3.8) is 0 Å². The van der Waals surface area contributed by atoms with Crippen LogP contribution in [0.5, 0.6) is 5.75 Å². The second-order valence-corrected chi connectivity index (χ2v) is 10.4. The predicted molar refractivity (Wildman–Crippen MR) is 131 cm³/mol. The Morgan fingerprint density at radius 3 is 2.06 bits per heavy atom. The van der Waals surface area contributed by atoms with Gasteiger partial charge >= 0.3 is 6.03 Å². The maximum Gasteiger partial charge on any atom is 0.319 e. The normalized spacial score (nSPS) is 12.0. The number of anilines is 1. The van der Waals surface area contributed by atoms with E-state index in [9.17, 15) is 9.90 Å². The topological polar surface area (TPSA) is 61.4 Å². The lowest BCUT2D eigenvalue weighted by molar-refractivity contribution is 0.252.